The molecule has 5 atom stereocenters. The highest BCUT2D eigenvalue weighted by molar-refractivity contribution is 5.93. The van der Waals surface area contributed by atoms with E-state index in [1.807, 2.05) is 5.32 Å². The lowest BCUT2D eigenvalue weighted by molar-refractivity contribution is -0.144. The molecule has 0 bridgehead atoms. The highest BCUT2D eigenvalue weighted by Gasteiger charge is 2.28. The smallest absolute Gasteiger partial charge is 0.328 e. The molecule has 5 unspecified atom stereocenters. The number of aliphatic hydroxyl groups is 2. The van der Waals surface area contributed by atoms with Crippen molar-refractivity contribution in [1.29, 1.82) is 0 Å². The lowest BCUT2D eigenvalue weighted by Crippen LogP contribution is -2.56. The number of nitrogens with two attached hydrogens (primary N) is 2. The molecule has 0 spiro atoms. The van der Waals surface area contributed by atoms with Crippen LogP contribution in [0.3, 0.4) is 0 Å². The van der Waals surface area contributed by atoms with Gasteiger partial charge in [0.15, 0.2) is 6.04 Å². The van der Waals surface area contributed by atoms with Crippen LogP contribution in [0.5, 0.6) is 0 Å². The first-order chi connectivity index (χ1) is 12.9. The van der Waals surface area contributed by atoms with E-state index in [0.717, 1.165) is 0 Å². The molecule has 0 heterocycles. The van der Waals surface area contributed by atoms with Crippen LogP contribution in [0.25, 0.3) is 0 Å². The fourth-order valence-corrected chi connectivity index (χ4v) is 1.95. The Bertz CT molecular complexity index is 595. The van der Waals surface area contributed by atoms with Gasteiger partial charge in [-0.1, -0.05) is 0 Å². The summed E-state index contributed by atoms with van der Waals surface area (Å²) in [6.07, 6.45) is -3.01. The van der Waals surface area contributed by atoms with Crippen LogP contribution in [-0.4, -0.2) is 81.8 Å². The Kier molecular flexibility index (Phi) is 10.7. The van der Waals surface area contributed by atoms with E-state index < -0.39 is 66.5 Å². The predicted octanol–water partition coefficient (Wildman–Crippen LogP) is -4.49. The Morgan fingerprint density at radius 3 is 1.96 bits per heavy atom. The zero-order valence-corrected chi connectivity index (χ0v) is 15.5. The Labute approximate surface area is 160 Å². The van der Waals surface area contributed by atoms with Gasteiger partial charge in [-0.2, -0.15) is 0 Å². The number of primary amides is 1. The number of amides is 4. The van der Waals surface area contributed by atoms with Crippen LogP contribution in [-0.2, 0) is 24.0 Å². The second kappa shape index (κ2) is 11.8. The summed E-state index contributed by atoms with van der Waals surface area (Å²) in [5.74, 6) is -4.81. The Balaban J connectivity index is 4.90. The molecule has 4 amide bonds. The number of carboxylic acid groups (broad SMARTS) is 1. The normalized spacial score (nSPS) is 16.0. The van der Waals surface area contributed by atoms with Gasteiger partial charge >= 0.3 is 5.97 Å². The number of carbonyl (C=O) groups is 5. The summed E-state index contributed by atoms with van der Waals surface area (Å²) in [5, 5.41) is 34.0. The Hall–Kier alpha value is -2.77. The van der Waals surface area contributed by atoms with Crippen molar-refractivity contribution in [2.75, 3.05) is 6.54 Å². The van der Waals surface area contributed by atoms with Crippen molar-refractivity contribution in [3.8, 4) is 0 Å². The molecule has 0 radical (unpaired) electrons. The zero-order valence-electron chi connectivity index (χ0n) is 15.5. The van der Waals surface area contributed by atoms with E-state index in [0.29, 0.717) is 0 Å². The average Bonchev–Trinajstić information content (AvgIpc) is 2.59. The van der Waals surface area contributed by atoms with Crippen LogP contribution in [0.2, 0.25) is 0 Å². The third kappa shape index (κ3) is 9.25. The van der Waals surface area contributed by atoms with Gasteiger partial charge in [0.05, 0.1) is 18.8 Å². The first-order valence-corrected chi connectivity index (χ1v) is 8.37. The summed E-state index contributed by atoms with van der Waals surface area (Å²) < 4.78 is 0. The molecule has 13 heteroatoms. The summed E-state index contributed by atoms with van der Waals surface area (Å²) in [4.78, 5) is 57.8. The third-order valence-electron chi connectivity index (χ3n) is 3.62. The summed E-state index contributed by atoms with van der Waals surface area (Å²) in [7, 11) is 0. The number of aliphatic hydroxyl groups excluding tert-OH is 2. The second-order valence-corrected chi connectivity index (χ2v) is 6.17. The summed E-state index contributed by atoms with van der Waals surface area (Å²) in [6, 6.07) is -4.17. The molecule has 0 aliphatic carbocycles. The molecule has 13 nitrogen and oxygen atoms in total. The molecular weight excluding hydrogens is 378 g/mol. The van der Waals surface area contributed by atoms with Crippen LogP contribution in [0.4, 0.5) is 0 Å². The highest BCUT2D eigenvalue weighted by Crippen LogP contribution is 2.00. The first kappa shape index (κ1) is 25.2. The molecule has 0 saturated heterocycles. The highest BCUT2D eigenvalue weighted by atomic mass is 16.4. The summed E-state index contributed by atoms with van der Waals surface area (Å²) in [5.41, 5.74) is 10.5. The van der Waals surface area contributed by atoms with Crippen molar-refractivity contribution < 1.29 is 39.3 Å². The number of hydrogen-bond donors (Lipinski definition) is 8. The molecule has 28 heavy (non-hydrogen) atoms. The molecule has 0 aliphatic rings. The summed E-state index contributed by atoms with van der Waals surface area (Å²) >= 11 is 0. The largest absolute Gasteiger partial charge is 0.480 e. The van der Waals surface area contributed by atoms with Gasteiger partial charge in [-0.05, 0) is 20.3 Å². The quantitative estimate of drug-likeness (QED) is 0.156. The lowest BCUT2D eigenvalue weighted by atomic mass is 10.1. The maximum absolute atomic E-state index is 12.2. The number of rotatable bonds is 12. The zero-order chi connectivity index (χ0) is 22.0. The SMILES string of the molecule is CC(O)C(N)C(=O)NC(CCC(N)=O)C(=O)NCC(=O)NC(C(=O)O)C(C)O. The molecule has 0 aromatic heterocycles. The van der Waals surface area contributed by atoms with E-state index in [4.69, 9.17) is 16.6 Å². The van der Waals surface area contributed by atoms with E-state index in [1.54, 1.807) is 0 Å². The monoisotopic (exact) mass is 405 g/mol. The first-order valence-electron chi connectivity index (χ1n) is 8.37. The number of nitrogens with one attached hydrogen (secondary N) is 3. The van der Waals surface area contributed by atoms with Crippen molar-refractivity contribution >= 4 is 29.6 Å². The Morgan fingerprint density at radius 2 is 1.54 bits per heavy atom. The average molecular weight is 405 g/mol. The van der Waals surface area contributed by atoms with Crippen molar-refractivity contribution in [2.24, 2.45) is 11.5 Å². The van der Waals surface area contributed by atoms with Gasteiger partial charge in [0.2, 0.25) is 23.6 Å². The molecular formula is C15H27N5O8. The fourth-order valence-electron chi connectivity index (χ4n) is 1.95. The molecule has 0 aliphatic heterocycles. The number of carbonyl (C=O) groups excluding carboxylic acids is 4. The van der Waals surface area contributed by atoms with Crippen LogP contribution < -0.4 is 27.4 Å². The minimum absolute atomic E-state index is 0.188. The maximum atomic E-state index is 12.2. The lowest BCUT2D eigenvalue weighted by Gasteiger charge is -2.22. The van der Waals surface area contributed by atoms with Crippen LogP contribution >= 0.6 is 0 Å². The number of aliphatic carboxylic acids is 1. The molecule has 0 aromatic rings. The van der Waals surface area contributed by atoms with E-state index in [-0.39, 0.29) is 12.8 Å². The molecule has 10 N–H and O–H groups in total. The van der Waals surface area contributed by atoms with Crippen molar-refractivity contribution in [1.82, 2.24) is 16.0 Å². The van der Waals surface area contributed by atoms with Gasteiger partial charge < -0.3 is 42.7 Å². The van der Waals surface area contributed by atoms with Gasteiger partial charge in [-0.3, -0.25) is 19.2 Å². The van der Waals surface area contributed by atoms with Crippen LogP contribution in [0.1, 0.15) is 26.7 Å². The minimum atomic E-state index is -1.57. The topological polar surface area (TPSA) is 234 Å². The minimum Gasteiger partial charge on any atom is -0.480 e. The Morgan fingerprint density at radius 1 is 0.964 bits per heavy atom. The van der Waals surface area contributed by atoms with E-state index in [9.17, 15) is 34.2 Å². The molecule has 160 valence electrons. The van der Waals surface area contributed by atoms with Crippen molar-refractivity contribution in [2.45, 2.75) is 57.0 Å². The van der Waals surface area contributed by atoms with Crippen molar-refractivity contribution in [3.63, 3.8) is 0 Å². The second-order valence-electron chi connectivity index (χ2n) is 6.17. The van der Waals surface area contributed by atoms with E-state index >= 15 is 0 Å². The van der Waals surface area contributed by atoms with Crippen LogP contribution in [0, 0.1) is 0 Å². The van der Waals surface area contributed by atoms with Crippen molar-refractivity contribution in [3.05, 3.63) is 0 Å². The molecule has 0 aromatic carbocycles. The van der Waals surface area contributed by atoms with Gasteiger partial charge in [-0.25, -0.2) is 4.79 Å². The fraction of sp³-hybridized carbons (Fsp3) is 0.667. The van der Waals surface area contributed by atoms with Gasteiger partial charge in [0.1, 0.15) is 12.1 Å². The van der Waals surface area contributed by atoms with Gasteiger partial charge in [0, 0.05) is 6.42 Å². The van der Waals surface area contributed by atoms with E-state index in [1.165, 1.54) is 13.8 Å². The maximum Gasteiger partial charge on any atom is 0.328 e. The predicted molar refractivity (Wildman–Crippen MR) is 94.3 cm³/mol. The van der Waals surface area contributed by atoms with Gasteiger partial charge in [-0.15, -0.1) is 0 Å². The third-order valence-corrected chi connectivity index (χ3v) is 3.62. The van der Waals surface area contributed by atoms with Crippen LogP contribution in [0.15, 0.2) is 0 Å². The number of carboxylic acids is 1. The standard InChI is InChI=1S/C15H27N5O8/c1-6(21)11(17)14(26)19-8(3-4-9(16)23)13(25)18-5-10(24)20-12(7(2)22)15(27)28/h6-8,11-12,21-22H,3-5,17H2,1-2H3,(H2,16,23)(H,18,25)(H,19,26)(H,20,24)(H,27,28). The number of hydrogen-bond acceptors (Lipinski definition) is 8. The molecule has 0 fully saturated rings. The van der Waals surface area contributed by atoms with E-state index in [2.05, 4.69) is 10.6 Å². The summed E-state index contributed by atoms with van der Waals surface area (Å²) in [6.45, 7) is 1.78. The molecule has 0 rings (SSSR count). The van der Waals surface area contributed by atoms with Gasteiger partial charge in [0.25, 0.3) is 0 Å². The molecule has 0 saturated carbocycles.